The van der Waals surface area contributed by atoms with Gasteiger partial charge in [0.2, 0.25) is 0 Å². The van der Waals surface area contributed by atoms with Gasteiger partial charge in [0.1, 0.15) is 0 Å². The fourth-order valence-corrected chi connectivity index (χ4v) is 3.50. The summed E-state index contributed by atoms with van der Waals surface area (Å²) in [6.45, 7) is 5.74. The first kappa shape index (κ1) is 16.3. The van der Waals surface area contributed by atoms with Crippen LogP contribution in [-0.4, -0.2) is 50.6 Å². The molecule has 0 bridgehead atoms. The van der Waals surface area contributed by atoms with Crippen LogP contribution in [0.15, 0.2) is 35.3 Å². The van der Waals surface area contributed by atoms with Crippen LogP contribution in [0.4, 0.5) is 0 Å². The van der Waals surface area contributed by atoms with Gasteiger partial charge in [0.25, 0.3) is 0 Å². The van der Waals surface area contributed by atoms with Gasteiger partial charge in [-0.3, -0.25) is 4.99 Å². The quantitative estimate of drug-likeness (QED) is 0.461. The molecule has 0 atom stereocenters. The van der Waals surface area contributed by atoms with Crippen molar-refractivity contribution in [2.45, 2.75) is 37.5 Å². The number of nitrogens with zero attached hydrogens (tertiary/aromatic N) is 2. The van der Waals surface area contributed by atoms with Crippen LogP contribution in [0.1, 0.15) is 37.7 Å². The van der Waals surface area contributed by atoms with Crippen molar-refractivity contribution in [3.63, 3.8) is 0 Å². The van der Waals surface area contributed by atoms with Crippen LogP contribution in [0, 0.1) is 0 Å². The van der Waals surface area contributed by atoms with Gasteiger partial charge < -0.3 is 15.5 Å². The van der Waals surface area contributed by atoms with Crippen molar-refractivity contribution < 1.29 is 0 Å². The second kappa shape index (κ2) is 7.82. The Morgan fingerprint density at radius 3 is 2.52 bits per heavy atom. The molecule has 0 spiro atoms. The van der Waals surface area contributed by atoms with Gasteiger partial charge in [-0.15, -0.1) is 0 Å². The molecule has 0 aromatic heterocycles. The Bertz CT molecular complexity index is 501. The number of hydrogen-bond donors (Lipinski definition) is 2. The van der Waals surface area contributed by atoms with Gasteiger partial charge in [0.05, 0.1) is 0 Å². The summed E-state index contributed by atoms with van der Waals surface area (Å²) in [5.41, 5.74) is 1.78. The summed E-state index contributed by atoms with van der Waals surface area (Å²) in [5, 5.41) is 6.98. The minimum absolute atomic E-state index is 0.328. The number of nitrogens with one attached hydrogen (secondary N) is 2. The molecule has 1 saturated heterocycles. The lowest BCUT2D eigenvalue weighted by molar-refractivity contribution is 0.334. The molecule has 1 aliphatic carbocycles. The maximum Gasteiger partial charge on any atom is 0.191 e. The van der Waals surface area contributed by atoms with Gasteiger partial charge >= 0.3 is 0 Å². The molecule has 126 valence electrons. The highest BCUT2D eigenvalue weighted by molar-refractivity contribution is 5.79. The van der Waals surface area contributed by atoms with Crippen molar-refractivity contribution in [1.82, 2.24) is 15.5 Å². The molecule has 3 rings (SSSR count). The fraction of sp³-hybridized carbons (Fsp3) is 0.632. The van der Waals surface area contributed by atoms with Gasteiger partial charge in [0.15, 0.2) is 5.96 Å². The fourth-order valence-electron chi connectivity index (χ4n) is 3.50. The normalized spacial score (nSPS) is 20.5. The van der Waals surface area contributed by atoms with Crippen molar-refractivity contribution in [3.05, 3.63) is 35.9 Å². The molecule has 1 aliphatic heterocycles. The molecule has 0 amide bonds. The Kier molecular flexibility index (Phi) is 5.55. The third kappa shape index (κ3) is 4.47. The van der Waals surface area contributed by atoms with E-state index in [1.165, 1.54) is 57.3 Å². The third-order valence-electron chi connectivity index (χ3n) is 5.20. The number of aliphatic imine (C=N–C) groups is 1. The summed E-state index contributed by atoms with van der Waals surface area (Å²) < 4.78 is 0. The minimum Gasteiger partial charge on any atom is -0.356 e. The van der Waals surface area contributed by atoms with Crippen molar-refractivity contribution in [3.8, 4) is 0 Å². The maximum atomic E-state index is 4.36. The van der Waals surface area contributed by atoms with E-state index >= 15 is 0 Å². The van der Waals surface area contributed by atoms with E-state index in [0.717, 1.165) is 19.0 Å². The first-order valence-corrected chi connectivity index (χ1v) is 9.05. The van der Waals surface area contributed by atoms with Gasteiger partial charge in [0, 0.05) is 25.6 Å². The molecule has 2 N–H and O–H groups in total. The van der Waals surface area contributed by atoms with E-state index in [1.54, 1.807) is 0 Å². The zero-order chi connectivity index (χ0) is 16.0. The monoisotopic (exact) mass is 314 g/mol. The first-order valence-electron chi connectivity index (χ1n) is 9.05. The Hall–Kier alpha value is -1.55. The van der Waals surface area contributed by atoms with Crippen LogP contribution in [-0.2, 0) is 5.41 Å². The average Bonchev–Trinajstić information content (AvgIpc) is 3.21. The average molecular weight is 314 g/mol. The molecular weight excluding hydrogens is 284 g/mol. The molecule has 1 aromatic carbocycles. The van der Waals surface area contributed by atoms with Crippen molar-refractivity contribution in [2.75, 3.05) is 39.8 Å². The molecular formula is C19H30N4. The number of rotatable bonds is 7. The first-order chi connectivity index (χ1) is 11.3. The summed E-state index contributed by atoms with van der Waals surface area (Å²) in [6.07, 6.45) is 6.48. The SMILES string of the molecule is CN=C(NCCCN1CCCC1)NCC1(c2ccccc2)CC1. The number of benzene rings is 1. The summed E-state index contributed by atoms with van der Waals surface area (Å²) in [7, 11) is 1.86. The standard InChI is InChI=1S/C19H30N4/c1-20-18(21-12-7-15-23-13-5-6-14-23)22-16-19(10-11-19)17-8-3-2-4-9-17/h2-4,8-9H,5-7,10-16H2,1H3,(H2,20,21,22). The Morgan fingerprint density at radius 2 is 1.87 bits per heavy atom. The van der Waals surface area contributed by atoms with Crippen molar-refractivity contribution in [1.29, 1.82) is 0 Å². The highest BCUT2D eigenvalue weighted by Gasteiger charge is 2.43. The molecule has 23 heavy (non-hydrogen) atoms. The van der Waals surface area contributed by atoms with E-state index < -0.39 is 0 Å². The van der Waals surface area contributed by atoms with Gasteiger partial charge in [-0.25, -0.2) is 0 Å². The number of likely N-dealkylation sites (tertiary alicyclic amines) is 1. The predicted octanol–water partition coefficient (Wildman–Crippen LogP) is 2.37. The highest BCUT2D eigenvalue weighted by atomic mass is 15.2. The molecule has 2 aliphatic rings. The lowest BCUT2D eigenvalue weighted by Gasteiger charge is -2.19. The lowest BCUT2D eigenvalue weighted by atomic mass is 9.96. The molecule has 0 unspecified atom stereocenters. The molecule has 1 heterocycles. The molecule has 4 heteroatoms. The largest absolute Gasteiger partial charge is 0.356 e. The lowest BCUT2D eigenvalue weighted by Crippen LogP contribution is -2.42. The predicted molar refractivity (Wildman–Crippen MR) is 97.0 cm³/mol. The van der Waals surface area contributed by atoms with Crippen LogP contribution in [0.5, 0.6) is 0 Å². The second-order valence-corrected chi connectivity index (χ2v) is 6.90. The second-order valence-electron chi connectivity index (χ2n) is 6.90. The maximum absolute atomic E-state index is 4.36. The highest BCUT2D eigenvalue weighted by Crippen LogP contribution is 2.47. The van der Waals surface area contributed by atoms with Gasteiger partial charge in [-0.2, -0.15) is 0 Å². The summed E-state index contributed by atoms with van der Waals surface area (Å²) in [4.78, 5) is 6.92. The number of hydrogen-bond acceptors (Lipinski definition) is 2. The molecule has 1 saturated carbocycles. The Labute approximate surface area is 140 Å². The van der Waals surface area contributed by atoms with Crippen LogP contribution < -0.4 is 10.6 Å². The van der Waals surface area contributed by atoms with Gasteiger partial charge in [-0.05, 0) is 57.3 Å². The molecule has 4 nitrogen and oxygen atoms in total. The zero-order valence-electron chi connectivity index (χ0n) is 14.4. The van der Waals surface area contributed by atoms with E-state index in [-0.39, 0.29) is 0 Å². The number of guanidine groups is 1. The zero-order valence-corrected chi connectivity index (χ0v) is 14.4. The summed E-state index contributed by atoms with van der Waals surface area (Å²) in [6, 6.07) is 10.9. The molecule has 2 fully saturated rings. The third-order valence-corrected chi connectivity index (χ3v) is 5.20. The van der Waals surface area contributed by atoms with Crippen LogP contribution in [0.25, 0.3) is 0 Å². The summed E-state index contributed by atoms with van der Waals surface area (Å²) in [5.74, 6) is 0.939. The van der Waals surface area contributed by atoms with Crippen molar-refractivity contribution >= 4 is 5.96 Å². The van der Waals surface area contributed by atoms with Crippen LogP contribution >= 0.6 is 0 Å². The molecule has 1 aromatic rings. The van der Waals surface area contributed by atoms with E-state index in [4.69, 9.17) is 0 Å². The van der Waals surface area contributed by atoms with E-state index in [0.29, 0.717) is 5.41 Å². The smallest absolute Gasteiger partial charge is 0.191 e. The minimum atomic E-state index is 0.328. The van der Waals surface area contributed by atoms with Crippen LogP contribution in [0.2, 0.25) is 0 Å². The Morgan fingerprint density at radius 1 is 1.13 bits per heavy atom. The van der Waals surface area contributed by atoms with Gasteiger partial charge in [-0.1, -0.05) is 30.3 Å². The Balaban J connectivity index is 1.38. The topological polar surface area (TPSA) is 39.7 Å². The molecule has 0 radical (unpaired) electrons. The van der Waals surface area contributed by atoms with Crippen LogP contribution in [0.3, 0.4) is 0 Å². The van der Waals surface area contributed by atoms with E-state index in [9.17, 15) is 0 Å². The van der Waals surface area contributed by atoms with E-state index in [1.807, 2.05) is 7.05 Å². The summed E-state index contributed by atoms with van der Waals surface area (Å²) >= 11 is 0. The van der Waals surface area contributed by atoms with Crippen molar-refractivity contribution in [2.24, 2.45) is 4.99 Å². The van der Waals surface area contributed by atoms with E-state index in [2.05, 4.69) is 50.9 Å².